The third-order valence-corrected chi connectivity index (χ3v) is 3.57. The van der Waals surface area contributed by atoms with Crippen LogP contribution in [0.2, 0.25) is 5.02 Å². The van der Waals surface area contributed by atoms with Crippen LogP contribution in [0.3, 0.4) is 0 Å². The van der Waals surface area contributed by atoms with E-state index in [4.69, 9.17) is 16.0 Å². The summed E-state index contributed by atoms with van der Waals surface area (Å²) in [7, 11) is 2.22. The van der Waals surface area contributed by atoms with Crippen molar-refractivity contribution in [3.63, 3.8) is 0 Å². The van der Waals surface area contributed by atoms with E-state index in [1.54, 1.807) is 6.07 Å². The van der Waals surface area contributed by atoms with E-state index in [1.807, 2.05) is 12.1 Å². The van der Waals surface area contributed by atoms with Gasteiger partial charge in [-0.2, -0.15) is 0 Å². The lowest BCUT2D eigenvalue weighted by Gasteiger charge is -2.16. The van der Waals surface area contributed by atoms with Crippen molar-refractivity contribution in [1.82, 2.24) is 4.90 Å². The number of nitrogens with zero attached hydrogens (tertiary/aromatic N) is 1. The third kappa shape index (κ3) is 2.50. The fourth-order valence-corrected chi connectivity index (χ4v) is 2.46. The molecule has 0 amide bonds. The topological polar surface area (TPSA) is 16.4 Å². The smallest absolute Gasteiger partial charge is 0.146 e. The van der Waals surface area contributed by atoms with Crippen LogP contribution in [0.15, 0.2) is 22.6 Å². The van der Waals surface area contributed by atoms with Crippen molar-refractivity contribution >= 4 is 22.8 Å². The predicted octanol–water partition coefficient (Wildman–Crippen LogP) is 4.01. The van der Waals surface area contributed by atoms with Crippen LogP contribution in [-0.4, -0.2) is 24.5 Å². The molecule has 1 aliphatic rings. The molecule has 0 radical (unpaired) electrons. The Hall–Kier alpha value is -0.730. The van der Waals surface area contributed by atoms with Gasteiger partial charge in [-0.05, 0) is 45.0 Å². The lowest BCUT2D eigenvalue weighted by Crippen LogP contribution is -2.23. The van der Waals surface area contributed by atoms with Crippen molar-refractivity contribution < 1.29 is 4.42 Å². The first-order valence-electron chi connectivity index (χ1n) is 5.88. The van der Waals surface area contributed by atoms with Crippen LogP contribution < -0.4 is 0 Å². The molecule has 88 valence electrons. The fourth-order valence-electron chi connectivity index (χ4n) is 2.25. The number of furan rings is 2. The zero-order valence-corrected chi connectivity index (χ0v) is 10.6. The first kappa shape index (κ1) is 11.7. The third-order valence-electron chi connectivity index (χ3n) is 3.27. The summed E-state index contributed by atoms with van der Waals surface area (Å²) in [6, 6.07) is 6.45. The maximum atomic E-state index is 5.64. The Morgan fingerprint density at radius 1 is 1.50 bits per heavy atom. The highest BCUT2D eigenvalue weighted by atomic mass is 35.5. The Morgan fingerprint density at radius 2 is 2.31 bits per heavy atom. The van der Waals surface area contributed by atoms with Crippen molar-refractivity contribution in [1.29, 1.82) is 0 Å². The molecule has 2 bridgehead atoms. The number of fused-ring (bicyclic) bond motifs is 2. The molecule has 0 spiro atoms. The average molecular weight is 240 g/mol. The minimum absolute atomic E-state index is 0.711. The molecule has 3 heteroatoms. The molecular weight excluding hydrogens is 222 g/mol. The molecule has 2 aromatic rings. The summed E-state index contributed by atoms with van der Waals surface area (Å²) >= 11 is 5.64. The van der Waals surface area contributed by atoms with E-state index in [0.717, 1.165) is 17.2 Å². The molecule has 1 fully saturated rings. The standard InChI is InChI=1S/C7H15N.C6H3ClO/c1-3-7-5-4-6-8(7)2;7-5-3-4-1-2-6(5)8-4/h7H,3-6H2,1-2H3;1-3H. The average Bonchev–Trinajstić information content (AvgIpc) is 2.94. The Balaban J connectivity index is 0.000000120. The molecule has 2 aromatic heterocycles. The van der Waals surface area contributed by atoms with Crippen LogP contribution in [0.5, 0.6) is 0 Å². The van der Waals surface area contributed by atoms with Crippen LogP contribution in [0.4, 0.5) is 0 Å². The number of benzene rings is 1. The zero-order chi connectivity index (χ0) is 11.5. The molecule has 1 atom stereocenters. The van der Waals surface area contributed by atoms with E-state index < -0.39 is 0 Å². The number of halogens is 1. The number of likely N-dealkylation sites (tertiary alicyclic amines) is 1. The van der Waals surface area contributed by atoms with E-state index in [2.05, 4.69) is 18.9 Å². The second kappa shape index (κ2) is 5.07. The van der Waals surface area contributed by atoms with Gasteiger partial charge in [-0.3, -0.25) is 0 Å². The molecular formula is C13H18ClNO. The van der Waals surface area contributed by atoms with E-state index >= 15 is 0 Å². The number of hydrogen-bond donors (Lipinski definition) is 0. The van der Waals surface area contributed by atoms with Crippen molar-refractivity contribution in [2.24, 2.45) is 0 Å². The van der Waals surface area contributed by atoms with Gasteiger partial charge in [0.2, 0.25) is 0 Å². The minimum atomic E-state index is 0.711. The largest absolute Gasteiger partial charge is 0.456 e. The molecule has 0 saturated carbocycles. The molecule has 0 aliphatic carbocycles. The van der Waals surface area contributed by atoms with Gasteiger partial charge >= 0.3 is 0 Å². The maximum absolute atomic E-state index is 5.64. The molecule has 0 aromatic carbocycles. The Labute approximate surface area is 102 Å². The first-order valence-corrected chi connectivity index (χ1v) is 6.26. The van der Waals surface area contributed by atoms with Gasteiger partial charge in [-0.15, -0.1) is 0 Å². The molecule has 2 nitrogen and oxygen atoms in total. The maximum Gasteiger partial charge on any atom is 0.146 e. The van der Waals surface area contributed by atoms with Gasteiger partial charge in [0.15, 0.2) is 0 Å². The zero-order valence-electron chi connectivity index (χ0n) is 9.87. The van der Waals surface area contributed by atoms with Gasteiger partial charge < -0.3 is 9.32 Å². The highest BCUT2D eigenvalue weighted by Gasteiger charge is 2.17. The van der Waals surface area contributed by atoms with Crippen molar-refractivity contribution in [3.05, 3.63) is 23.2 Å². The molecule has 1 aliphatic heterocycles. The quantitative estimate of drug-likeness (QED) is 0.748. The highest BCUT2D eigenvalue weighted by molar-refractivity contribution is 6.34. The summed E-state index contributed by atoms with van der Waals surface area (Å²) in [6.45, 7) is 3.59. The van der Waals surface area contributed by atoms with Gasteiger partial charge in [0.05, 0.1) is 5.02 Å². The SMILES string of the molecule is CCC1CCCN1C.Clc1cc2ccc1o2. The number of hydrogen-bond acceptors (Lipinski definition) is 2. The van der Waals surface area contributed by atoms with Gasteiger partial charge in [-0.25, -0.2) is 0 Å². The lowest BCUT2D eigenvalue weighted by atomic mass is 10.2. The van der Waals surface area contributed by atoms with Crippen LogP contribution >= 0.6 is 11.6 Å². The molecule has 1 unspecified atom stereocenters. The summed E-state index contributed by atoms with van der Waals surface area (Å²) in [4.78, 5) is 2.46. The summed E-state index contributed by atoms with van der Waals surface area (Å²) in [5, 5.41) is 0.711. The summed E-state index contributed by atoms with van der Waals surface area (Å²) in [5.41, 5.74) is 1.63. The summed E-state index contributed by atoms with van der Waals surface area (Å²) in [6.07, 6.45) is 4.17. The molecule has 3 rings (SSSR count). The van der Waals surface area contributed by atoms with E-state index in [1.165, 1.54) is 25.8 Å². The Morgan fingerprint density at radius 3 is 2.56 bits per heavy atom. The van der Waals surface area contributed by atoms with Crippen LogP contribution in [0.25, 0.3) is 11.2 Å². The van der Waals surface area contributed by atoms with Crippen molar-refractivity contribution in [2.45, 2.75) is 32.2 Å². The molecule has 3 heterocycles. The first-order chi connectivity index (χ1) is 7.70. The minimum Gasteiger partial charge on any atom is -0.456 e. The lowest BCUT2D eigenvalue weighted by molar-refractivity contribution is 0.304. The second-order valence-corrected chi connectivity index (χ2v) is 4.79. The molecule has 0 N–H and O–H groups in total. The predicted molar refractivity (Wildman–Crippen MR) is 68.4 cm³/mol. The van der Waals surface area contributed by atoms with Gasteiger partial charge in [0, 0.05) is 12.1 Å². The van der Waals surface area contributed by atoms with E-state index in [-0.39, 0.29) is 0 Å². The fraction of sp³-hybridized carbons (Fsp3) is 0.538. The van der Waals surface area contributed by atoms with Gasteiger partial charge in [0.1, 0.15) is 11.2 Å². The molecule has 16 heavy (non-hydrogen) atoms. The monoisotopic (exact) mass is 239 g/mol. The highest BCUT2D eigenvalue weighted by Crippen LogP contribution is 2.25. The number of rotatable bonds is 1. The van der Waals surface area contributed by atoms with Crippen molar-refractivity contribution in [2.75, 3.05) is 13.6 Å². The second-order valence-electron chi connectivity index (χ2n) is 4.38. The van der Waals surface area contributed by atoms with Gasteiger partial charge in [-0.1, -0.05) is 18.5 Å². The van der Waals surface area contributed by atoms with E-state index in [0.29, 0.717) is 5.02 Å². The Bertz CT molecular complexity index is 425. The van der Waals surface area contributed by atoms with Crippen LogP contribution in [-0.2, 0) is 0 Å². The normalized spacial score (nSPS) is 21.3. The Kier molecular flexibility index (Phi) is 3.72. The molecule has 1 saturated heterocycles. The van der Waals surface area contributed by atoms with Crippen LogP contribution in [0.1, 0.15) is 26.2 Å². The summed E-state index contributed by atoms with van der Waals surface area (Å²) < 4.78 is 5.08. The van der Waals surface area contributed by atoms with Gasteiger partial charge in [0.25, 0.3) is 0 Å². The van der Waals surface area contributed by atoms with Crippen LogP contribution in [0, 0.1) is 0 Å². The van der Waals surface area contributed by atoms with E-state index in [9.17, 15) is 0 Å². The summed E-state index contributed by atoms with van der Waals surface area (Å²) in [5.74, 6) is 0. The van der Waals surface area contributed by atoms with Crippen molar-refractivity contribution in [3.8, 4) is 0 Å².